The van der Waals surface area contributed by atoms with Crippen LogP contribution in [0.5, 0.6) is 5.75 Å². The Morgan fingerprint density at radius 1 is 1.26 bits per heavy atom. The van der Waals surface area contributed by atoms with Gasteiger partial charge in [0.05, 0.1) is 11.9 Å². The molecule has 1 N–H and O–H groups in total. The van der Waals surface area contributed by atoms with Crippen LogP contribution in [0, 0.1) is 0 Å². The van der Waals surface area contributed by atoms with Crippen LogP contribution in [0.1, 0.15) is 57.1 Å². The predicted molar refractivity (Wildman–Crippen MR) is 119 cm³/mol. The number of nitrogens with zero attached hydrogens (tertiary/aromatic N) is 5. The number of ether oxygens (including phenoxy) is 2. The predicted octanol–water partition coefficient (Wildman–Crippen LogP) is 3.50. The summed E-state index contributed by atoms with van der Waals surface area (Å²) in [6.07, 6.45) is 5.62. The fraction of sp³-hybridized carbons (Fsp3) is 0.609. The summed E-state index contributed by atoms with van der Waals surface area (Å²) < 4.78 is 27.4. The average molecular weight is 476 g/mol. The zero-order chi connectivity index (χ0) is 24.3. The molecule has 10 nitrogen and oxygen atoms in total. The van der Waals surface area contributed by atoms with E-state index in [1.54, 1.807) is 35.8 Å². The van der Waals surface area contributed by atoms with Crippen molar-refractivity contribution in [3.05, 3.63) is 24.0 Å². The maximum atomic E-state index is 14.5. The van der Waals surface area contributed by atoms with E-state index in [1.165, 1.54) is 6.20 Å². The number of aliphatic carboxylic acids is 1. The summed E-state index contributed by atoms with van der Waals surface area (Å²) in [6, 6.07) is 3.58. The molecule has 11 heteroatoms. The summed E-state index contributed by atoms with van der Waals surface area (Å²) in [5.74, 6) is -1.03. The van der Waals surface area contributed by atoms with Crippen molar-refractivity contribution in [3.8, 4) is 17.1 Å². The summed E-state index contributed by atoms with van der Waals surface area (Å²) >= 11 is 0. The van der Waals surface area contributed by atoms with E-state index < -0.39 is 17.7 Å². The van der Waals surface area contributed by atoms with Crippen molar-refractivity contribution in [3.63, 3.8) is 0 Å². The Labute approximate surface area is 197 Å². The van der Waals surface area contributed by atoms with Gasteiger partial charge in [-0.25, -0.2) is 18.7 Å². The number of carbonyl (C=O) groups excluding carboxylic acids is 1. The highest BCUT2D eigenvalue weighted by atomic mass is 19.1. The van der Waals surface area contributed by atoms with Gasteiger partial charge in [-0.05, 0) is 44.2 Å². The van der Waals surface area contributed by atoms with Gasteiger partial charge in [0.1, 0.15) is 29.8 Å². The number of aromatic nitrogens is 4. The van der Waals surface area contributed by atoms with Crippen LogP contribution in [0.3, 0.4) is 0 Å². The molecule has 0 saturated heterocycles. The minimum absolute atomic E-state index is 0.00411. The number of amides is 1. The van der Waals surface area contributed by atoms with Crippen LogP contribution in [0.25, 0.3) is 11.4 Å². The molecule has 0 spiro atoms. The molecule has 0 aromatic carbocycles. The third-order valence-corrected chi connectivity index (χ3v) is 6.75. The van der Waals surface area contributed by atoms with Crippen molar-refractivity contribution in [1.82, 2.24) is 24.9 Å². The van der Waals surface area contributed by atoms with Crippen LogP contribution >= 0.6 is 0 Å². The zero-order valence-corrected chi connectivity index (χ0v) is 19.4. The lowest BCUT2D eigenvalue weighted by Crippen LogP contribution is -2.42. The number of carbonyl (C=O) groups is 2. The Hall–Kier alpha value is -3.24. The standard InChI is InChI=1S/C23H30FN5O5/c1-28(15-6-3-4-7-15)22(32)33-14-19-20(26-27-29(19)2)18-10-9-17(13-25-18)34-16-8-5-11-23(24,12-16)21(30)31/h9-10,13,15-16H,3-8,11-12,14H2,1-2H3,(H,30,31)/t16-,23+/m0/s1. The van der Waals surface area contributed by atoms with Gasteiger partial charge < -0.3 is 19.5 Å². The minimum Gasteiger partial charge on any atom is -0.489 e. The van der Waals surface area contributed by atoms with Gasteiger partial charge in [-0.1, -0.05) is 18.1 Å². The van der Waals surface area contributed by atoms with Gasteiger partial charge in [0, 0.05) is 26.6 Å². The number of alkyl halides is 1. The third kappa shape index (κ3) is 5.13. The second kappa shape index (κ2) is 9.94. The monoisotopic (exact) mass is 475 g/mol. The van der Waals surface area contributed by atoms with Gasteiger partial charge in [0.25, 0.3) is 0 Å². The number of pyridine rings is 1. The molecule has 0 unspecified atom stereocenters. The zero-order valence-electron chi connectivity index (χ0n) is 19.4. The normalized spacial score (nSPS) is 23.0. The number of carboxylic acid groups (broad SMARTS) is 1. The lowest BCUT2D eigenvalue weighted by Gasteiger charge is -2.31. The quantitative estimate of drug-likeness (QED) is 0.646. The molecule has 2 atom stereocenters. The van der Waals surface area contributed by atoms with E-state index in [1.807, 2.05) is 0 Å². The molecule has 0 radical (unpaired) electrons. The Bertz CT molecular complexity index is 1020. The fourth-order valence-electron chi connectivity index (χ4n) is 4.66. The Balaban J connectivity index is 1.39. The molecular weight excluding hydrogens is 445 g/mol. The first-order valence-electron chi connectivity index (χ1n) is 11.6. The highest BCUT2D eigenvalue weighted by molar-refractivity contribution is 5.77. The van der Waals surface area contributed by atoms with Crippen LogP contribution in [-0.2, 0) is 23.2 Å². The Kier molecular flexibility index (Phi) is 6.99. The van der Waals surface area contributed by atoms with Gasteiger partial charge in [-0.15, -0.1) is 5.10 Å². The summed E-state index contributed by atoms with van der Waals surface area (Å²) in [5, 5.41) is 17.3. The second-order valence-electron chi connectivity index (χ2n) is 9.10. The molecular formula is C23H30FN5O5. The van der Waals surface area contributed by atoms with E-state index in [2.05, 4.69) is 15.3 Å². The summed E-state index contributed by atoms with van der Waals surface area (Å²) in [5.41, 5.74) is -0.652. The largest absolute Gasteiger partial charge is 0.489 e. The molecule has 2 fully saturated rings. The van der Waals surface area contributed by atoms with E-state index >= 15 is 0 Å². The van der Waals surface area contributed by atoms with Crippen molar-refractivity contribution in [2.24, 2.45) is 7.05 Å². The van der Waals surface area contributed by atoms with Crippen LogP contribution in [-0.4, -0.2) is 66.9 Å². The smallest absolute Gasteiger partial charge is 0.410 e. The summed E-state index contributed by atoms with van der Waals surface area (Å²) in [4.78, 5) is 29.7. The molecule has 2 aromatic rings. The number of hydrogen-bond donors (Lipinski definition) is 1. The molecule has 2 aliphatic rings. The van der Waals surface area contributed by atoms with Gasteiger partial charge in [-0.3, -0.25) is 4.98 Å². The van der Waals surface area contributed by atoms with Crippen LogP contribution in [0.2, 0.25) is 0 Å². The Morgan fingerprint density at radius 3 is 2.71 bits per heavy atom. The molecule has 184 valence electrons. The van der Waals surface area contributed by atoms with Crippen molar-refractivity contribution in [2.75, 3.05) is 7.05 Å². The average Bonchev–Trinajstić information content (AvgIpc) is 3.48. The van der Waals surface area contributed by atoms with Crippen molar-refractivity contribution >= 4 is 12.1 Å². The summed E-state index contributed by atoms with van der Waals surface area (Å²) in [6.45, 7) is 0.00447. The van der Waals surface area contributed by atoms with Gasteiger partial charge >= 0.3 is 12.1 Å². The SMILES string of the molecule is CN(C(=O)OCc1c(-c2ccc(O[C@H]3CCC[C@](F)(C(=O)O)C3)cn2)nnn1C)C1CCCC1. The molecule has 2 aromatic heterocycles. The highest BCUT2D eigenvalue weighted by Crippen LogP contribution is 2.34. The topological polar surface area (TPSA) is 120 Å². The van der Waals surface area contributed by atoms with E-state index in [-0.39, 0.29) is 31.6 Å². The molecule has 2 heterocycles. The van der Waals surface area contributed by atoms with E-state index in [9.17, 15) is 14.0 Å². The highest BCUT2D eigenvalue weighted by Gasteiger charge is 2.44. The van der Waals surface area contributed by atoms with Gasteiger partial charge in [-0.2, -0.15) is 0 Å². The maximum absolute atomic E-state index is 14.5. The molecule has 0 bridgehead atoms. The molecule has 2 saturated carbocycles. The van der Waals surface area contributed by atoms with E-state index in [4.69, 9.17) is 14.6 Å². The van der Waals surface area contributed by atoms with Crippen LogP contribution in [0.15, 0.2) is 18.3 Å². The number of rotatable bonds is 7. The lowest BCUT2D eigenvalue weighted by atomic mass is 9.84. The first-order valence-corrected chi connectivity index (χ1v) is 11.6. The third-order valence-electron chi connectivity index (χ3n) is 6.75. The Morgan fingerprint density at radius 2 is 2.03 bits per heavy atom. The molecule has 2 aliphatic carbocycles. The number of hydrogen-bond acceptors (Lipinski definition) is 7. The van der Waals surface area contributed by atoms with Crippen molar-refractivity contribution in [2.45, 2.75) is 75.8 Å². The van der Waals surface area contributed by atoms with Gasteiger partial charge in [0.2, 0.25) is 5.67 Å². The van der Waals surface area contributed by atoms with E-state index in [0.29, 0.717) is 35.7 Å². The summed E-state index contributed by atoms with van der Waals surface area (Å²) in [7, 11) is 3.48. The van der Waals surface area contributed by atoms with E-state index in [0.717, 1.165) is 25.7 Å². The first kappa shape index (κ1) is 23.9. The fourth-order valence-corrected chi connectivity index (χ4v) is 4.66. The number of halogens is 1. The maximum Gasteiger partial charge on any atom is 0.410 e. The molecule has 0 aliphatic heterocycles. The van der Waals surface area contributed by atoms with Crippen molar-refractivity contribution in [1.29, 1.82) is 0 Å². The second-order valence-corrected chi connectivity index (χ2v) is 9.10. The molecule has 4 rings (SSSR count). The van der Waals surface area contributed by atoms with Gasteiger partial charge in [0.15, 0.2) is 0 Å². The minimum atomic E-state index is -2.26. The van der Waals surface area contributed by atoms with Crippen LogP contribution < -0.4 is 4.74 Å². The molecule has 1 amide bonds. The lowest BCUT2D eigenvalue weighted by molar-refractivity contribution is -0.155. The number of carboxylic acids is 1. The number of aryl methyl sites for hydroxylation is 1. The van der Waals surface area contributed by atoms with Crippen LogP contribution in [0.4, 0.5) is 9.18 Å². The first-order chi connectivity index (χ1) is 16.3. The molecule has 34 heavy (non-hydrogen) atoms. The van der Waals surface area contributed by atoms with Crippen molar-refractivity contribution < 1.29 is 28.6 Å².